The molecule has 0 aliphatic heterocycles. The van der Waals surface area contributed by atoms with Gasteiger partial charge in [0.15, 0.2) is 0 Å². The monoisotopic (exact) mass is 342 g/mol. The predicted octanol–water partition coefficient (Wildman–Crippen LogP) is 4.53. The molecule has 0 aliphatic rings. The Morgan fingerprint density at radius 2 is 1.46 bits per heavy atom. The molecular weight excluding hydrogens is 304 g/mol. The number of rotatable bonds is 17. The molecule has 142 valence electrons. The van der Waals surface area contributed by atoms with Crippen LogP contribution in [0.1, 0.15) is 90.4 Å². The van der Waals surface area contributed by atoms with Crippen molar-refractivity contribution in [3.8, 4) is 0 Å². The Hall–Kier alpha value is -0.870. The number of aliphatic hydroxyl groups is 2. The molecule has 1 unspecified atom stereocenters. The average Bonchev–Trinajstić information content (AvgIpc) is 2.59. The molecule has 0 saturated carbocycles. The second kappa shape index (κ2) is 18.5. The molecule has 0 aromatic rings. The number of esters is 1. The summed E-state index contributed by atoms with van der Waals surface area (Å²) in [5.74, 6) is -0.290. The van der Waals surface area contributed by atoms with E-state index in [4.69, 9.17) is 14.9 Å². The van der Waals surface area contributed by atoms with Gasteiger partial charge in [0.2, 0.25) is 0 Å². The normalized spacial score (nSPS) is 12.6. The van der Waals surface area contributed by atoms with Gasteiger partial charge in [-0.05, 0) is 32.1 Å². The average molecular weight is 343 g/mol. The lowest BCUT2D eigenvalue weighted by Gasteiger charge is -2.08. The fourth-order valence-corrected chi connectivity index (χ4v) is 2.48. The van der Waals surface area contributed by atoms with Crippen LogP contribution in [-0.2, 0) is 9.53 Å². The maximum absolute atomic E-state index is 11.4. The van der Waals surface area contributed by atoms with Crippen LogP contribution in [0.5, 0.6) is 0 Å². The number of carbonyl (C=O) groups is 1. The Balaban J connectivity index is 3.24. The topological polar surface area (TPSA) is 66.8 Å². The van der Waals surface area contributed by atoms with Crippen LogP contribution < -0.4 is 0 Å². The van der Waals surface area contributed by atoms with Gasteiger partial charge in [0.1, 0.15) is 12.7 Å². The van der Waals surface area contributed by atoms with Crippen molar-refractivity contribution in [2.45, 2.75) is 96.5 Å². The zero-order valence-electron chi connectivity index (χ0n) is 15.5. The van der Waals surface area contributed by atoms with Crippen LogP contribution in [0.25, 0.3) is 0 Å². The molecule has 2 N–H and O–H groups in total. The smallest absolute Gasteiger partial charge is 0.305 e. The summed E-state index contributed by atoms with van der Waals surface area (Å²) >= 11 is 0. The van der Waals surface area contributed by atoms with Gasteiger partial charge in [-0.3, -0.25) is 4.79 Å². The van der Waals surface area contributed by atoms with Gasteiger partial charge in [-0.25, -0.2) is 0 Å². The fraction of sp³-hybridized carbons (Fsp3) is 0.850. The van der Waals surface area contributed by atoms with Gasteiger partial charge in [0.05, 0.1) is 6.61 Å². The second-order valence-electron chi connectivity index (χ2n) is 6.50. The number of aliphatic hydroxyl groups excluding tert-OH is 2. The third kappa shape index (κ3) is 17.5. The van der Waals surface area contributed by atoms with Crippen LogP contribution in [0.15, 0.2) is 12.2 Å². The minimum Gasteiger partial charge on any atom is -0.463 e. The third-order valence-corrected chi connectivity index (χ3v) is 4.04. The number of carbonyl (C=O) groups excluding carboxylic acids is 1. The van der Waals surface area contributed by atoms with Crippen molar-refractivity contribution in [1.29, 1.82) is 0 Å². The highest BCUT2D eigenvalue weighted by Crippen LogP contribution is 2.09. The van der Waals surface area contributed by atoms with Gasteiger partial charge in [0.25, 0.3) is 0 Å². The highest BCUT2D eigenvalue weighted by molar-refractivity contribution is 5.69. The van der Waals surface area contributed by atoms with Crippen molar-refractivity contribution in [3.63, 3.8) is 0 Å². The third-order valence-electron chi connectivity index (χ3n) is 4.04. The van der Waals surface area contributed by atoms with Crippen molar-refractivity contribution in [3.05, 3.63) is 12.2 Å². The molecular formula is C20H38O4. The van der Waals surface area contributed by atoms with Crippen molar-refractivity contribution < 1.29 is 19.7 Å². The van der Waals surface area contributed by atoms with Gasteiger partial charge < -0.3 is 14.9 Å². The van der Waals surface area contributed by atoms with E-state index >= 15 is 0 Å². The van der Waals surface area contributed by atoms with E-state index < -0.39 is 6.10 Å². The first-order valence-electron chi connectivity index (χ1n) is 9.80. The van der Waals surface area contributed by atoms with E-state index in [-0.39, 0.29) is 19.2 Å². The molecule has 0 aromatic heterocycles. The molecule has 4 nitrogen and oxygen atoms in total. The first kappa shape index (κ1) is 23.1. The van der Waals surface area contributed by atoms with Crippen LogP contribution in [0.3, 0.4) is 0 Å². The van der Waals surface area contributed by atoms with Gasteiger partial charge in [-0.15, -0.1) is 0 Å². The van der Waals surface area contributed by atoms with Crippen LogP contribution >= 0.6 is 0 Å². The van der Waals surface area contributed by atoms with E-state index in [1.807, 2.05) is 0 Å². The highest BCUT2D eigenvalue weighted by atomic mass is 16.5. The van der Waals surface area contributed by atoms with Crippen molar-refractivity contribution in [1.82, 2.24) is 0 Å². The molecule has 0 rings (SSSR count). The standard InChI is InChI=1S/C20H38O4/c1-2-3-4-5-6-7-8-9-10-11-12-13-14-15-16-20(23)24-18-19(22)17-21/h9-10,19,21-22H,2-8,11-18H2,1H3/b10-9-. The van der Waals surface area contributed by atoms with Crippen LogP contribution in [0, 0.1) is 0 Å². The van der Waals surface area contributed by atoms with Crippen LogP contribution in [0.2, 0.25) is 0 Å². The Kier molecular flexibility index (Phi) is 17.8. The Labute approximate surface area is 148 Å². The number of unbranched alkanes of at least 4 members (excludes halogenated alkanes) is 10. The molecule has 0 fully saturated rings. The maximum Gasteiger partial charge on any atom is 0.305 e. The van der Waals surface area contributed by atoms with Crippen LogP contribution in [-0.4, -0.2) is 35.5 Å². The van der Waals surface area contributed by atoms with Crippen molar-refractivity contribution in [2.24, 2.45) is 0 Å². The lowest BCUT2D eigenvalue weighted by molar-refractivity contribution is -0.147. The molecule has 0 radical (unpaired) electrons. The minimum atomic E-state index is -0.961. The Morgan fingerprint density at radius 1 is 0.917 bits per heavy atom. The van der Waals surface area contributed by atoms with E-state index in [1.165, 1.54) is 51.4 Å². The maximum atomic E-state index is 11.4. The Bertz CT molecular complexity index is 302. The molecule has 0 saturated heterocycles. The molecule has 0 bridgehead atoms. The Morgan fingerprint density at radius 3 is 2.04 bits per heavy atom. The first-order chi connectivity index (χ1) is 11.7. The van der Waals surface area contributed by atoms with Crippen molar-refractivity contribution in [2.75, 3.05) is 13.2 Å². The van der Waals surface area contributed by atoms with E-state index in [2.05, 4.69) is 19.1 Å². The number of hydrogen-bond donors (Lipinski definition) is 2. The summed E-state index contributed by atoms with van der Waals surface area (Å²) in [5.41, 5.74) is 0. The first-order valence-corrected chi connectivity index (χ1v) is 9.80. The second-order valence-corrected chi connectivity index (χ2v) is 6.50. The molecule has 0 heterocycles. The van der Waals surface area contributed by atoms with Gasteiger partial charge in [0, 0.05) is 6.42 Å². The van der Waals surface area contributed by atoms with E-state index in [9.17, 15) is 4.79 Å². The molecule has 24 heavy (non-hydrogen) atoms. The van der Waals surface area contributed by atoms with Gasteiger partial charge >= 0.3 is 5.97 Å². The van der Waals surface area contributed by atoms with E-state index in [1.54, 1.807) is 0 Å². The summed E-state index contributed by atoms with van der Waals surface area (Å²) in [4.78, 5) is 11.4. The lowest BCUT2D eigenvalue weighted by Crippen LogP contribution is -2.21. The molecule has 0 aliphatic carbocycles. The molecule has 0 amide bonds. The zero-order chi connectivity index (χ0) is 17.9. The summed E-state index contributed by atoms with van der Waals surface area (Å²) < 4.78 is 4.85. The molecule has 0 spiro atoms. The summed E-state index contributed by atoms with van der Waals surface area (Å²) in [6, 6.07) is 0. The summed E-state index contributed by atoms with van der Waals surface area (Å²) in [5, 5.41) is 17.7. The van der Waals surface area contributed by atoms with Gasteiger partial charge in [-0.2, -0.15) is 0 Å². The highest BCUT2D eigenvalue weighted by Gasteiger charge is 2.07. The summed E-state index contributed by atoms with van der Waals surface area (Å²) in [7, 11) is 0. The van der Waals surface area contributed by atoms with Crippen molar-refractivity contribution >= 4 is 5.97 Å². The van der Waals surface area contributed by atoms with E-state index in [0.717, 1.165) is 25.7 Å². The number of hydrogen-bond acceptors (Lipinski definition) is 4. The number of allylic oxidation sites excluding steroid dienone is 2. The number of ether oxygens (including phenoxy) is 1. The quantitative estimate of drug-likeness (QED) is 0.231. The van der Waals surface area contributed by atoms with E-state index in [0.29, 0.717) is 6.42 Å². The molecule has 0 aromatic carbocycles. The largest absolute Gasteiger partial charge is 0.463 e. The molecule has 1 atom stereocenters. The molecule has 4 heteroatoms. The summed E-state index contributed by atoms with van der Waals surface area (Å²) in [6.45, 7) is 1.76. The lowest BCUT2D eigenvalue weighted by atomic mass is 10.1. The fourth-order valence-electron chi connectivity index (χ4n) is 2.48. The minimum absolute atomic E-state index is 0.112. The SMILES string of the molecule is CCCCCCCC/C=C\CCCCCCC(=O)OCC(O)CO. The zero-order valence-corrected chi connectivity index (χ0v) is 15.5. The van der Waals surface area contributed by atoms with Gasteiger partial charge in [-0.1, -0.05) is 64.0 Å². The predicted molar refractivity (Wildman–Crippen MR) is 98.9 cm³/mol. The summed E-state index contributed by atoms with van der Waals surface area (Å²) in [6.07, 6.45) is 18.6. The van der Waals surface area contributed by atoms with Crippen LogP contribution in [0.4, 0.5) is 0 Å².